The van der Waals surface area contributed by atoms with Gasteiger partial charge in [-0.15, -0.1) is 11.3 Å². The molecule has 0 spiro atoms. The summed E-state index contributed by atoms with van der Waals surface area (Å²) < 4.78 is 0. The molecule has 0 aliphatic rings. The number of nitro benzene ring substituents is 1. The summed E-state index contributed by atoms with van der Waals surface area (Å²) in [6.45, 7) is 2.34. The standard InChI is InChI=1S/C14H15N3O3S/c1-9-3-5-11(21-9)8-16-14(18)12-7-10(15-2)4-6-13(12)17(19)20/h3-7,15H,8H2,1-2H3,(H,16,18). The molecule has 2 N–H and O–H groups in total. The molecule has 2 aromatic rings. The third-order valence-electron chi connectivity index (χ3n) is 2.95. The second-order valence-electron chi connectivity index (χ2n) is 4.43. The Bertz CT molecular complexity index is 682. The highest BCUT2D eigenvalue weighted by molar-refractivity contribution is 7.11. The molecular weight excluding hydrogens is 290 g/mol. The molecule has 0 saturated heterocycles. The number of amides is 1. The molecule has 1 heterocycles. The summed E-state index contributed by atoms with van der Waals surface area (Å²) in [5.74, 6) is -0.454. The van der Waals surface area contributed by atoms with Crippen molar-refractivity contribution >= 4 is 28.6 Å². The van der Waals surface area contributed by atoms with Gasteiger partial charge in [-0.25, -0.2) is 0 Å². The van der Waals surface area contributed by atoms with Crippen LogP contribution in [0.1, 0.15) is 20.1 Å². The SMILES string of the molecule is CNc1ccc([N+](=O)[O-])c(C(=O)NCc2ccc(C)s2)c1. The predicted molar refractivity (Wildman–Crippen MR) is 82.9 cm³/mol. The molecule has 7 heteroatoms. The van der Waals surface area contributed by atoms with E-state index < -0.39 is 10.8 Å². The molecule has 0 atom stereocenters. The molecule has 0 unspecified atom stereocenters. The van der Waals surface area contributed by atoms with E-state index in [-0.39, 0.29) is 11.3 Å². The first kappa shape index (κ1) is 15.0. The minimum atomic E-state index is -0.552. The normalized spacial score (nSPS) is 10.2. The van der Waals surface area contributed by atoms with E-state index in [0.29, 0.717) is 12.2 Å². The second-order valence-corrected chi connectivity index (χ2v) is 5.81. The zero-order valence-electron chi connectivity index (χ0n) is 11.7. The Morgan fingerprint density at radius 3 is 2.67 bits per heavy atom. The predicted octanol–water partition coefficient (Wildman–Crippen LogP) is 2.94. The Labute approximate surface area is 126 Å². The third kappa shape index (κ3) is 3.57. The Morgan fingerprint density at radius 1 is 1.33 bits per heavy atom. The fourth-order valence-corrected chi connectivity index (χ4v) is 2.71. The van der Waals surface area contributed by atoms with E-state index in [4.69, 9.17) is 0 Å². The van der Waals surface area contributed by atoms with Gasteiger partial charge in [0.2, 0.25) is 0 Å². The fraction of sp³-hybridized carbons (Fsp3) is 0.214. The quantitative estimate of drug-likeness (QED) is 0.657. The zero-order chi connectivity index (χ0) is 15.4. The second kappa shape index (κ2) is 6.36. The first-order valence-corrected chi connectivity index (χ1v) is 7.12. The molecule has 110 valence electrons. The monoisotopic (exact) mass is 305 g/mol. The Kier molecular flexibility index (Phi) is 4.54. The molecular formula is C14H15N3O3S. The summed E-state index contributed by atoms with van der Waals surface area (Å²) in [7, 11) is 1.69. The Morgan fingerprint density at radius 2 is 2.10 bits per heavy atom. The van der Waals surface area contributed by atoms with Crippen LogP contribution in [0.5, 0.6) is 0 Å². The van der Waals surface area contributed by atoms with E-state index in [1.165, 1.54) is 12.1 Å². The van der Waals surface area contributed by atoms with Gasteiger partial charge in [0.05, 0.1) is 11.5 Å². The van der Waals surface area contributed by atoms with Crippen LogP contribution in [0.25, 0.3) is 0 Å². The lowest BCUT2D eigenvalue weighted by Gasteiger charge is -2.07. The highest BCUT2D eigenvalue weighted by atomic mass is 32.1. The number of nitro groups is 1. The number of hydrogen-bond donors (Lipinski definition) is 2. The van der Waals surface area contributed by atoms with Crippen LogP contribution in [0.2, 0.25) is 0 Å². The van der Waals surface area contributed by atoms with Gasteiger partial charge >= 0.3 is 0 Å². The van der Waals surface area contributed by atoms with Gasteiger partial charge in [-0.2, -0.15) is 0 Å². The van der Waals surface area contributed by atoms with Crippen molar-refractivity contribution in [3.05, 3.63) is 55.8 Å². The van der Waals surface area contributed by atoms with Crippen molar-refractivity contribution in [1.82, 2.24) is 5.32 Å². The Hall–Kier alpha value is -2.41. The van der Waals surface area contributed by atoms with Crippen LogP contribution in [-0.4, -0.2) is 17.9 Å². The molecule has 6 nitrogen and oxygen atoms in total. The van der Waals surface area contributed by atoms with Crippen molar-refractivity contribution in [2.75, 3.05) is 12.4 Å². The lowest BCUT2D eigenvalue weighted by atomic mass is 10.1. The van der Waals surface area contributed by atoms with Gasteiger partial charge < -0.3 is 10.6 Å². The first-order chi connectivity index (χ1) is 10.0. The molecule has 1 aromatic heterocycles. The zero-order valence-corrected chi connectivity index (χ0v) is 12.5. The number of hydrogen-bond acceptors (Lipinski definition) is 5. The maximum absolute atomic E-state index is 12.2. The van der Waals surface area contributed by atoms with Crippen LogP contribution in [0.4, 0.5) is 11.4 Å². The van der Waals surface area contributed by atoms with E-state index in [9.17, 15) is 14.9 Å². The summed E-state index contributed by atoms with van der Waals surface area (Å²) in [6, 6.07) is 8.27. The van der Waals surface area contributed by atoms with Crippen molar-refractivity contribution in [2.24, 2.45) is 0 Å². The van der Waals surface area contributed by atoms with Crippen molar-refractivity contribution in [1.29, 1.82) is 0 Å². The summed E-state index contributed by atoms with van der Waals surface area (Å²) in [5.41, 5.74) is 0.506. The van der Waals surface area contributed by atoms with E-state index in [1.807, 2.05) is 19.1 Å². The van der Waals surface area contributed by atoms with E-state index in [1.54, 1.807) is 24.5 Å². The lowest BCUT2D eigenvalue weighted by molar-refractivity contribution is -0.385. The molecule has 2 rings (SSSR count). The lowest BCUT2D eigenvalue weighted by Crippen LogP contribution is -2.23. The van der Waals surface area contributed by atoms with Gasteiger partial charge in [-0.1, -0.05) is 0 Å². The highest BCUT2D eigenvalue weighted by Crippen LogP contribution is 2.23. The molecule has 0 radical (unpaired) electrons. The van der Waals surface area contributed by atoms with Crippen molar-refractivity contribution in [3.8, 4) is 0 Å². The maximum Gasteiger partial charge on any atom is 0.282 e. The number of carbonyl (C=O) groups is 1. The number of benzene rings is 1. The average molecular weight is 305 g/mol. The van der Waals surface area contributed by atoms with Crippen molar-refractivity contribution in [2.45, 2.75) is 13.5 Å². The van der Waals surface area contributed by atoms with Crippen LogP contribution in [0.3, 0.4) is 0 Å². The summed E-state index contributed by atoms with van der Waals surface area (Å²) in [4.78, 5) is 24.8. The number of anilines is 1. The summed E-state index contributed by atoms with van der Waals surface area (Å²) in [6.07, 6.45) is 0. The van der Waals surface area contributed by atoms with E-state index >= 15 is 0 Å². The molecule has 1 aromatic carbocycles. The number of aryl methyl sites for hydroxylation is 1. The summed E-state index contributed by atoms with van der Waals surface area (Å²) >= 11 is 1.58. The molecule has 0 bridgehead atoms. The number of rotatable bonds is 5. The highest BCUT2D eigenvalue weighted by Gasteiger charge is 2.20. The third-order valence-corrected chi connectivity index (χ3v) is 3.95. The Balaban J connectivity index is 2.19. The molecule has 0 saturated carbocycles. The topological polar surface area (TPSA) is 84.3 Å². The number of nitrogens with zero attached hydrogens (tertiary/aromatic N) is 1. The van der Waals surface area contributed by atoms with E-state index in [0.717, 1.165) is 9.75 Å². The van der Waals surface area contributed by atoms with Gasteiger partial charge in [-0.05, 0) is 31.2 Å². The largest absolute Gasteiger partial charge is 0.388 e. The number of thiophene rings is 1. The van der Waals surface area contributed by atoms with Gasteiger partial charge in [0.15, 0.2) is 0 Å². The van der Waals surface area contributed by atoms with Crippen molar-refractivity contribution < 1.29 is 9.72 Å². The van der Waals surface area contributed by atoms with Crippen LogP contribution >= 0.6 is 11.3 Å². The molecule has 0 aliphatic carbocycles. The average Bonchev–Trinajstić information content (AvgIpc) is 2.89. The fourth-order valence-electron chi connectivity index (χ4n) is 1.88. The molecule has 1 amide bonds. The van der Waals surface area contributed by atoms with Crippen LogP contribution in [-0.2, 0) is 6.54 Å². The molecule has 0 aliphatic heterocycles. The summed E-state index contributed by atoms with van der Waals surface area (Å²) in [5, 5.41) is 16.6. The van der Waals surface area contributed by atoms with Crippen LogP contribution in [0.15, 0.2) is 30.3 Å². The molecule has 0 fully saturated rings. The van der Waals surface area contributed by atoms with Crippen LogP contribution < -0.4 is 10.6 Å². The minimum absolute atomic E-state index is 0.0557. The first-order valence-electron chi connectivity index (χ1n) is 6.31. The number of carbonyl (C=O) groups excluding carboxylic acids is 1. The van der Waals surface area contributed by atoms with Crippen LogP contribution in [0, 0.1) is 17.0 Å². The van der Waals surface area contributed by atoms with Gasteiger partial charge in [-0.3, -0.25) is 14.9 Å². The van der Waals surface area contributed by atoms with Gasteiger partial charge in [0.1, 0.15) is 5.56 Å². The maximum atomic E-state index is 12.2. The van der Waals surface area contributed by atoms with Gasteiger partial charge in [0.25, 0.3) is 11.6 Å². The smallest absolute Gasteiger partial charge is 0.282 e. The molecule has 21 heavy (non-hydrogen) atoms. The van der Waals surface area contributed by atoms with E-state index in [2.05, 4.69) is 10.6 Å². The minimum Gasteiger partial charge on any atom is -0.388 e. The number of nitrogens with one attached hydrogen (secondary N) is 2. The van der Waals surface area contributed by atoms with Crippen molar-refractivity contribution in [3.63, 3.8) is 0 Å². The van der Waals surface area contributed by atoms with Gasteiger partial charge in [0, 0.05) is 28.6 Å².